The lowest BCUT2D eigenvalue weighted by Crippen LogP contribution is -1.97. The molecule has 0 saturated carbocycles. The Balaban J connectivity index is 2.04. The molecule has 0 bridgehead atoms. The Kier molecular flexibility index (Phi) is 4.31. The number of hydrogen-bond donors (Lipinski definition) is 1. The molecule has 1 aromatic carbocycles. The number of halogens is 4. The maximum atomic E-state index is 13.2. The number of benzene rings is 1. The predicted molar refractivity (Wildman–Crippen MR) is 75.8 cm³/mol. The Hall–Kier alpha value is -0.290. The van der Waals surface area contributed by atoms with E-state index in [2.05, 4.69) is 21.2 Å². The summed E-state index contributed by atoms with van der Waals surface area (Å²) in [7, 11) is 0. The Labute approximate surface area is 121 Å². The molecule has 1 nitrogen and oxygen atoms in total. The van der Waals surface area contributed by atoms with Gasteiger partial charge in [-0.25, -0.2) is 4.39 Å². The van der Waals surface area contributed by atoms with Gasteiger partial charge in [-0.2, -0.15) is 0 Å². The molecule has 0 fully saturated rings. The molecule has 1 N–H and O–H groups in total. The molecule has 90 valence electrons. The van der Waals surface area contributed by atoms with Crippen molar-refractivity contribution in [3.05, 3.63) is 48.8 Å². The minimum atomic E-state index is -0.429. The zero-order chi connectivity index (χ0) is 12.4. The largest absolute Gasteiger partial charge is 0.380 e. The van der Waals surface area contributed by atoms with Gasteiger partial charge in [0.05, 0.1) is 5.02 Å². The van der Waals surface area contributed by atoms with Gasteiger partial charge in [0, 0.05) is 21.6 Å². The second-order valence-electron chi connectivity index (χ2n) is 3.32. The quantitative estimate of drug-likeness (QED) is 0.759. The fourth-order valence-corrected chi connectivity index (χ4v) is 3.12. The zero-order valence-electron chi connectivity index (χ0n) is 8.44. The average molecular weight is 355 g/mol. The molecular weight excluding hydrogens is 348 g/mol. The van der Waals surface area contributed by atoms with E-state index in [-0.39, 0.29) is 5.02 Å². The van der Waals surface area contributed by atoms with E-state index >= 15 is 0 Å². The fourth-order valence-electron chi connectivity index (χ4n) is 1.27. The number of hydrogen-bond acceptors (Lipinski definition) is 2. The Bertz CT molecular complexity index is 525. The van der Waals surface area contributed by atoms with Crippen LogP contribution in [0.1, 0.15) is 4.88 Å². The highest BCUT2D eigenvalue weighted by Gasteiger charge is 2.05. The van der Waals surface area contributed by atoms with Gasteiger partial charge in [0.25, 0.3) is 0 Å². The summed E-state index contributed by atoms with van der Waals surface area (Å²) in [6, 6.07) is 6.56. The Morgan fingerprint density at radius 3 is 2.65 bits per heavy atom. The van der Waals surface area contributed by atoms with E-state index in [9.17, 15) is 4.39 Å². The predicted octanol–water partition coefficient (Wildman–Crippen LogP) is 5.57. The van der Waals surface area contributed by atoms with Gasteiger partial charge in [-0.1, -0.05) is 23.2 Å². The van der Waals surface area contributed by atoms with E-state index in [1.54, 1.807) is 6.07 Å². The molecule has 0 aliphatic carbocycles. The van der Waals surface area contributed by atoms with Crippen LogP contribution in [0.25, 0.3) is 0 Å². The summed E-state index contributed by atoms with van der Waals surface area (Å²) in [5.74, 6) is -0.429. The summed E-state index contributed by atoms with van der Waals surface area (Å²) < 4.78 is 14.8. The van der Waals surface area contributed by atoms with Crippen molar-refractivity contribution >= 4 is 56.2 Å². The lowest BCUT2D eigenvalue weighted by atomic mass is 10.3. The maximum Gasteiger partial charge on any atom is 0.143 e. The molecule has 0 spiro atoms. The molecule has 2 rings (SSSR count). The van der Waals surface area contributed by atoms with Crippen molar-refractivity contribution < 1.29 is 4.39 Å². The molecule has 0 unspecified atom stereocenters. The lowest BCUT2D eigenvalue weighted by molar-refractivity contribution is 0.628. The van der Waals surface area contributed by atoms with Gasteiger partial charge < -0.3 is 5.32 Å². The van der Waals surface area contributed by atoms with E-state index in [4.69, 9.17) is 23.2 Å². The van der Waals surface area contributed by atoms with Crippen molar-refractivity contribution in [3.63, 3.8) is 0 Å². The lowest BCUT2D eigenvalue weighted by Gasteiger charge is -2.05. The van der Waals surface area contributed by atoms with Crippen LogP contribution in [0, 0.1) is 5.82 Å². The summed E-state index contributed by atoms with van der Waals surface area (Å²) >= 11 is 16.3. The number of nitrogens with one attached hydrogen (secondary N) is 1. The number of rotatable bonds is 3. The monoisotopic (exact) mass is 353 g/mol. The standard InChI is InChI=1S/C11H7BrCl2FNS/c12-8-4-7(17-11(8)14)5-16-6-1-2-9(13)10(15)3-6/h1-4,16H,5H2. The first-order valence-electron chi connectivity index (χ1n) is 4.69. The summed E-state index contributed by atoms with van der Waals surface area (Å²) in [6.07, 6.45) is 0. The molecule has 0 radical (unpaired) electrons. The SMILES string of the molecule is Fc1cc(NCc2cc(Br)c(Cl)s2)ccc1Cl. The van der Waals surface area contributed by atoms with Gasteiger partial charge >= 0.3 is 0 Å². The van der Waals surface area contributed by atoms with Crippen LogP contribution < -0.4 is 5.32 Å². The van der Waals surface area contributed by atoms with Gasteiger partial charge in [-0.3, -0.25) is 0 Å². The maximum absolute atomic E-state index is 13.2. The molecule has 6 heteroatoms. The zero-order valence-corrected chi connectivity index (χ0v) is 12.4. The van der Waals surface area contributed by atoms with Gasteiger partial charge in [-0.05, 0) is 40.2 Å². The summed E-state index contributed by atoms with van der Waals surface area (Å²) in [5, 5.41) is 3.22. The summed E-state index contributed by atoms with van der Waals surface area (Å²) in [4.78, 5) is 1.07. The normalized spacial score (nSPS) is 10.6. The third kappa shape index (κ3) is 3.35. The van der Waals surface area contributed by atoms with Gasteiger partial charge in [0.2, 0.25) is 0 Å². The van der Waals surface area contributed by atoms with Gasteiger partial charge in [0.1, 0.15) is 10.2 Å². The first-order valence-corrected chi connectivity index (χ1v) is 7.05. The van der Waals surface area contributed by atoms with Gasteiger partial charge in [0.15, 0.2) is 0 Å². The summed E-state index contributed by atoms with van der Waals surface area (Å²) in [6.45, 7) is 0.594. The third-order valence-electron chi connectivity index (χ3n) is 2.08. The second kappa shape index (κ2) is 5.57. The first-order chi connectivity index (χ1) is 8.06. The summed E-state index contributed by atoms with van der Waals surface area (Å²) in [5.41, 5.74) is 0.688. The van der Waals surface area contributed by atoms with Crippen molar-refractivity contribution in [3.8, 4) is 0 Å². The van der Waals surface area contributed by atoms with Crippen LogP contribution >= 0.6 is 50.5 Å². The number of anilines is 1. The van der Waals surface area contributed by atoms with Crippen LogP contribution in [0.15, 0.2) is 28.7 Å². The molecule has 0 amide bonds. The minimum Gasteiger partial charge on any atom is -0.380 e. The van der Waals surface area contributed by atoms with Crippen LogP contribution in [0.2, 0.25) is 9.36 Å². The average Bonchev–Trinajstić information content (AvgIpc) is 2.60. The van der Waals surface area contributed by atoms with Crippen LogP contribution in [-0.4, -0.2) is 0 Å². The second-order valence-corrected chi connectivity index (χ2v) is 6.32. The molecular formula is C11H7BrCl2FNS. The number of thiophene rings is 1. The van der Waals surface area contributed by atoms with Crippen LogP contribution in [0.4, 0.5) is 10.1 Å². The molecule has 1 aromatic heterocycles. The van der Waals surface area contributed by atoms with Gasteiger partial charge in [-0.15, -0.1) is 11.3 Å². The molecule has 0 aliphatic rings. The van der Waals surface area contributed by atoms with Crippen molar-refractivity contribution in [2.24, 2.45) is 0 Å². The molecule has 0 aliphatic heterocycles. The van der Waals surface area contributed by atoms with Crippen molar-refractivity contribution in [1.82, 2.24) is 0 Å². The Morgan fingerprint density at radius 1 is 1.29 bits per heavy atom. The smallest absolute Gasteiger partial charge is 0.143 e. The van der Waals surface area contributed by atoms with Crippen molar-refractivity contribution in [1.29, 1.82) is 0 Å². The topological polar surface area (TPSA) is 12.0 Å². The highest BCUT2D eigenvalue weighted by Crippen LogP contribution is 2.32. The van der Waals surface area contributed by atoms with E-state index in [1.807, 2.05) is 6.07 Å². The highest BCUT2D eigenvalue weighted by atomic mass is 79.9. The molecule has 0 atom stereocenters. The molecule has 0 saturated heterocycles. The van der Waals surface area contributed by atoms with E-state index in [0.717, 1.165) is 9.35 Å². The highest BCUT2D eigenvalue weighted by molar-refractivity contribution is 9.10. The molecule has 2 aromatic rings. The minimum absolute atomic E-state index is 0.123. The fraction of sp³-hybridized carbons (Fsp3) is 0.0909. The molecule has 1 heterocycles. The first kappa shape index (κ1) is 13.1. The van der Waals surface area contributed by atoms with E-state index in [0.29, 0.717) is 16.6 Å². The van der Waals surface area contributed by atoms with E-state index in [1.165, 1.54) is 23.5 Å². The van der Waals surface area contributed by atoms with Crippen molar-refractivity contribution in [2.45, 2.75) is 6.54 Å². The van der Waals surface area contributed by atoms with Crippen LogP contribution in [0.3, 0.4) is 0 Å². The molecule has 17 heavy (non-hydrogen) atoms. The van der Waals surface area contributed by atoms with Crippen LogP contribution in [-0.2, 0) is 6.54 Å². The van der Waals surface area contributed by atoms with Crippen molar-refractivity contribution in [2.75, 3.05) is 5.32 Å². The van der Waals surface area contributed by atoms with E-state index < -0.39 is 5.82 Å². The third-order valence-corrected chi connectivity index (χ3v) is 4.86. The van der Waals surface area contributed by atoms with Crippen LogP contribution in [0.5, 0.6) is 0 Å². The Morgan fingerprint density at radius 2 is 2.06 bits per heavy atom.